The molecule has 1 atom stereocenters. The molecule has 3 aromatic carbocycles. The van der Waals surface area contributed by atoms with Crippen LogP contribution in [0.1, 0.15) is 11.6 Å². The van der Waals surface area contributed by atoms with Crippen molar-refractivity contribution in [1.29, 1.82) is 0 Å². The van der Waals surface area contributed by atoms with Crippen LogP contribution in [0.5, 0.6) is 17.2 Å². The van der Waals surface area contributed by atoms with E-state index in [-0.39, 0.29) is 5.69 Å². The lowest BCUT2D eigenvalue weighted by molar-refractivity contribution is -0.119. The number of amides is 1. The number of hydrogen-bond acceptors (Lipinski definition) is 5. The van der Waals surface area contributed by atoms with Crippen molar-refractivity contribution in [2.75, 3.05) is 25.7 Å². The molecule has 0 unspecified atom stereocenters. The summed E-state index contributed by atoms with van der Waals surface area (Å²) < 4.78 is 36.7. The lowest BCUT2D eigenvalue weighted by Gasteiger charge is -2.26. The van der Waals surface area contributed by atoms with Crippen molar-refractivity contribution >= 4 is 33.2 Å². The van der Waals surface area contributed by atoms with Crippen molar-refractivity contribution in [2.45, 2.75) is 6.04 Å². The fourth-order valence-electron chi connectivity index (χ4n) is 3.06. The number of nitrogens with zero attached hydrogens (tertiary/aromatic N) is 1. The van der Waals surface area contributed by atoms with Gasteiger partial charge in [0.1, 0.15) is 6.04 Å². The third-order valence-corrected chi connectivity index (χ3v) is 6.23. The van der Waals surface area contributed by atoms with Crippen molar-refractivity contribution < 1.29 is 22.7 Å². The topological polar surface area (TPSA) is 84.9 Å². The highest BCUT2D eigenvalue weighted by Crippen LogP contribution is 2.37. The van der Waals surface area contributed by atoms with Crippen LogP contribution in [0, 0.1) is 0 Å². The molecule has 168 valence electrons. The molecule has 3 rings (SSSR count). The molecule has 0 bridgehead atoms. The molecule has 3 aromatic rings. The van der Waals surface area contributed by atoms with Crippen LogP contribution in [0.2, 0.25) is 5.02 Å². The predicted molar refractivity (Wildman–Crippen MR) is 125 cm³/mol. The predicted octanol–water partition coefficient (Wildman–Crippen LogP) is 4.71. The third-order valence-electron chi connectivity index (χ3n) is 4.74. The minimum atomic E-state index is -3.66. The Labute approximate surface area is 192 Å². The van der Waals surface area contributed by atoms with Gasteiger partial charge in [0.05, 0.1) is 19.1 Å². The van der Waals surface area contributed by atoms with E-state index < -0.39 is 22.0 Å². The number of carbonyl (C=O) groups excluding carboxylic acids is 1. The summed E-state index contributed by atoms with van der Waals surface area (Å²) in [6.45, 7) is 0. The van der Waals surface area contributed by atoms with E-state index in [0.29, 0.717) is 27.8 Å². The molecule has 0 heterocycles. The zero-order valence-electron chi connectivity index (χ0n) is 17.8. The molecule has 0 aliphatic heterocycles. The fourth-order valence-corrected chi connectivity index (χ4v) is 3.84. The Bertz CT molecular complexity index is 1200. The lowest BCUT2D eigenvalue weighted by atomic mass is 10.1. The van der Waals surface area contributed by atoms with Gasteiger partial charge >= 0.3 is 0 Å². The summed E-state index contributed by atoms with van der Waals surface area (Å²) in [5.74, 6) is 0.719. The molecule has 0 aliphatic rings. The molecule has 7 nitrogen and oxygen atoms in total. The maximum Gasteiger partial charge on any atom is 0.247 e. The van der Waals surface area contributed by atoms with Crippen LogP contribution in [0.4, 0.5) is 5.69 Å². The summed E-state index contributed by atoms with van der Waals surface area (Å²) in [6, 6.07) is 19.4. The molecule has 32 heavy (non-hydrogen) atoms. The molecular weight excluding hydrogens is 452 g/mol. The van der Waals surface area contributed by atoms with Gasteiger partial charge in [0.15, 0.2) is 17.2 Å². The molecule has 9 heteroatoms. The first kappa shape index (κ1) is 23.6. The summed E-state index contributed by atoms with van der Waals surface area (Å²) in [4.78, 5) is 13.3. The number of rotatable bonds is 8. The number of methoxy groups -OCH3 is 1. The van der Waals surface area contributed by atoms with Crippen LogP contribution < -0.4 is 14.8 Å². The Morgan fingerprint density at radius 2 is 1.59 bits per heavy atom. The van der Waals surface area contributed by atoms with E-state index in [1.807, 2.05) is 6.07 Å². The Kier molecular flexibility index (Phi) is 7.40. The molecule has 0 aliphatic carbocycles. The van der Waals surface area contributed by atoms with Crippen LogP contribution in [0.15, 0.2) is 72.8 Å². The molecular formula is C23H23ClN2O5S. The number of anilines is 1. The second-order valence-electron chi connectivity index (χ2n) is 6.98. The van der Waals surface area contributed by atoms with Crippen molar-refractivity contribution in [3.63, 3.8) is 0 Å². The summed E-state index contributed by atoms with van der Waals surface area (Å²) in [6.07, 6.45) is 1.05. The zero-order valence-corrected chi connectivity index (χ0v) is 19.4. The first-order valence-corrected chi connectivity index (χ1v) is 11.8. The molecule has 1 N–H and O–H groups in total. The Hall–Kier alpha value is -3.07. The van der Waals surface area contributed by atoms with Crippen LogP contribution in [-0.4, -0.2) is 39.0 Å². The number of carbonyl (C=O) groups is 1. The smallest absolute Gasteiger partial charge is 0.247 e. The minimum absolute atomic E-state index is 0.288. The largest absolute Gasteiger partial charge is 0.493 e. The van der Waals surface area contributed by atoms with Gasteiger partial charge in [-0.3, -0.25) is 4.79 Å². The third kappa shape index (κ3) is 5.59. The number of ether oxygens (including phenoxy) is 2. The van der Waals surface area contributed by atoms with Gasteiger partial charge in [-0.05, 0) is 35.9 Å². The molecule has 1 amide bonds. The van der Waals surface area contributed by atoms with Crippen LogP contribution >= 0.6 is 11.6 Å². The molecule has 0 radical (unpaired) electrons. The number of likely N-dealkylation sites (N-methyl/N-ethyl adjacent to an activating group) is 1. The highest BCUT2D eigenvalue weighted by Gasteiger charge is 2.31. The van der Waals surface area contributed by atoms with Crippen molar-refractivity contribution in [2.24, 2.45) is 0 Å². The van der Waals surface area contributed by atoms with Gasteiger partial charge in [-0.1, -0.05) is 54.1 Å². The summed E-state index contributed by atoms with van der Waals surface area (Å²) in [7, 11) is -0.781. The van der Waals surface area contributed by atoms with Crippen molar-refractivity contribution in [3.8, 4) is 17.2 Å². The standard InChI is InChI=1S/C23H23ClN2O5S/c1-26(32(3,28)29)22(16-9-5-4-6-10-16)23(27)25-18-15-17(24)13-14-19(18)31-21-12-8-7-11-20(21)30-2/h4-15,22H,1-3H3,(H,25,27)/t22-/m0/s1. The summed E-state index contributed by atoms with van der Waals surface area (Å²) >= 11 is 6.16. The highest BCUT2D eigenvalue weighted by molar-refractivity contribution is 7.88. The van der Waals surface area contributed by atoms with Gasteiger partial charge in [0, 0.05) is 12.1 Å². The van der Waals surface area contributed by atoms with E-state index in [0.717, 1.165) is 10.6 Å². The van der Waals surface area contributed by atoms with E-state index >= 15 is 0 Å². The Morgan fingerprint density at radius 3 is 2.22 bits per heavy atom. The minimum Gasteiger partial charge on any atom is -0.493 e. The van der Waals surface area contributed by atoms with Gasteiger partial charge in [-0.25, -0.2) is 8.42 Å². The quantitative estimate of drug-likeness (QED) is 0.511. The molecule has 0 spiro atoms. The second kappa shape index (κ2) is 10.0. The zero-order chi connectivity index (χ0) is 23.3. The molecule has 0 fully saturated rings. The maximum atomic E-state index is 13.3. The monoisotopic (exact) mass is 474 g/mol. The Balaban J connectivity index is 1.97. The Morgan fingerprint density at radius 1 is 0.969 bits per heavy atom. The number of hydrogen-bond donors (Lipinski definition) is 1. The highest BCUT2D eigenvalue weighted by atomic mass is 35.5. The second-order valence-corrected chi connectivity index (χ2v) is 9.45. The van der Waals surface area contributed by atoms with Crippen LogP contribution in [0.3, 0.4) is 0 Å². The van der Waals surface area contributed by atoms with E-state index in [2.05, 4.69) is 5.32 Å². The lowest BCUT2D eigenvalue weighted by Crippen LogP contribution is -2.38. The van der Waals surface area contributed by atoms with Crippen molar-refractivity contribution in [1.82, 2.24) is 4.31 Å². The number of sulfonamides is 1. The number of nitrogens with one attached hydrogen (secondary N) is 1. The van der Waals surface area contributed by atoms with Gasteiger partial charge in [0.25, 0.3) is 0 Å². The van der Waals surface area contributed by atoms with Crippen molar-refractivity contribution in [3.05, 3.63) is 83.4 Å². The average Bonchev–Trinajstić information content (AvgIpc) is 2.76. The summed E-state index contributed by atoms with van der Waals surface area (Å²) in [5.41, 5.74) is 0.809. The average molecular weight is 475 g/mol. The van der Waals surface area contributed by atoms with Crippen LogP contribution in [-0.2, 0) is 14.8 Å². The van der Waals surface area contributed by atoms with E-state index in [1.165, 1.54) is 20.2 Å². The first-order chi connectivity index (χ1) is 15.2. The number of benzene rings is 3. The van der Waals surface area contributed by atoms with Gasteiger partial charge < -0.3 is 14.8 Å². The molecule has 0 saturated carbocycles. The normalized spacial score (nSPS) is 12.3. The van der Waals surface area contributed by atoms with E-state index in [4.69, 9.17) is 21.1 Å². The van der Waals surface area contributed by atoms with E-state index in [9.17, 15) is 13.2 Å². The van der Waals surface area contributed by atoms with Gasteiger partial charge in [0.2, 0.25) is 15.9 Å². The van der Waals surface area contributed by atoms with Gasteiger partial charge in [-0.15, -0.1) is 0 Å². The first-order valence-electron chi connectivity index (χ1n) is 9.60. The van der Waals surface area contributed by atoms with E-state index in [1.54, 1.807) is 60.7 Å². The van der Waals surface area contributed by atoms with Gasteiger partial charge in [-0.2, -0.15) is 4.31 Å². The summed E-state index contributed by atoms with van der Waals surface area (Å²) in [5, 5.41) is 3.14. The number of para-hydroxylation sites is 2. The molecule has 0 saturated heterocycles. The molecule has 0 aromatic heterocycles. The van der Waals surface area contributed by atoms with Crippen LogP contribution in [0.25, 0.3) is 0 Å². The fraction of sp³-hybridized carbons (Fsp3) is 0.174. The maximum absolute atomic E-state index is 13.3. The SMILES string of the molecule is COc1ccccc1Oc1ccc(Cl)cc1NC(=O)[C@H](c1ccccc1)N(C)S(C)(=O)=O. The number of halogens is 1.